The van der Waals surface area contributed by atoms with Crippen molar-refractivity contribution in [1.29, 1.82) is 0 Å². The van der Waals surface area contributed by atoms with Crippen LogP contribution in [0.25, 0.3) is 0 Å². The fourth-order valence-corrected chi connectivity index (χ4v) is 14.0. The Hall–Kier alpha value is -1.94. The molecule has 100 heavy (non-hydrogen) atoms. The molecule has 0 amide bonds. The normalized spacial score (nSPS) is 14.0. The first kappa shape index (κ1) is 98.1. The highest BCUT2D eigenvalue weighted by Gasteiger charge is 2.30. The highest BCUT2D eigenvalue weighted by atomic mass is 31.2. The first-order valence-corrected chi connectivity index (χ1v) is 44.7. The average molecular weight is 1470 g/mol. The van der Waals surface area contributed by atoms with Gasteiger partial charge in [0.15, 0.2) is 12.2 Å². The summed E-state index contributed by atoms with van der Waals surface area (Å²) >= 11 is 0. The quantitative estimate of drug-likeness (QED) is 0.0222. The fraction of sp³-hybridized carbons (Fsp3) is 0.951. The molecule has 0 aliphatic heterocycles. The van der Waals surface area contributed by atoms with Crippen LogP contribution in [0.1, 0.15) is 415 Å². The van der Waals surface area contributed by atoms with E-state index in [0.29, 0.717) is 31.6 Å². The van der Waals surface area contributed by atoms with Crippen molar-refractivity contribution in [3.63, 3.8) is 0 Å². The number of ether oxygens (including phenoxy) is 4. The molecule has 594 valence electrons. The zero-order chi connectivity index (χ0) is 73.8. The maximum absolute atomic E-state index is 13.1. The lowest BCUT2D eigenvalue weighted by molar-refractivity contribution is -0.161. The first-order chi connectivity index (χ1) is 48.1. The van der Waals surface area contributed by atoms with E-state index in [1.807, 2.05) is 0 Å². The summed E-state index contributed by atoms with van der Waals surface area (Å²) in [6.07, 6.45) is 57.3. The van der Waals surface area contributed by atoms with E-state index in [9.17, 15) is 43.2 Å². The summed E-state index contributed by atoms with van der Waals surface area (Å²) in [4.78, 5) is 72.9. The van der Waals surface area contributed by atoms with Gasteiger partial charge in [-0.15, -0.1) is 0 Å². The number of rotatable bonds is 78. The molecule has 0 rings (SSSR count). The van der Waals surface area contributed by atoms with Gasteiger partial charge in [-0.2, -0.15) is 0 Å². The molecular formula is C81H158O17P2. The third kappa shape index (κ3) is 74.3. The lowest BCUT2D eigenvalue weighted by Crippen LogP contribution is -2.30. The summed E-state index contributed by atoms with van der Waals surface area (Å²) in [5.41, 5.74) is 0. The summed E-state index contributed by atoms with van der Waals surface area (Å²) in [5.74, 6) is 0.911. The maximum Gasteiger partial charge on any atom is 0.472 e. The van der Waals surface area contributed by atoms with Crippen molar-refractivity contribution in [1.82, 2.24) is 0 Å². The number of esters is 4. The van der Waals surface area contributed by atoms with Crippen LogP contribution in [-0.2, 0) is 65.4 Å². The molecule has 3 unspecified atom stereocenters. The van der Waals surface area contributed by atoms with Crippen molar-refractivity contribution >= 4 is 39.5 Å². The van der Waals surface area contributed by atoms with E-state index in [1.54, 1.807) is 0 Å². The summed E-state index contributed by atoms with van der Waals surface area (Å²) < 4.78 is 68.6. The molecular weight excluding hydrogens is 1310 g/mol. The van der Waals surface area contributed by atoms with Gasteiger partial charge in [-0.3, -0.25) is 37.3 Å². The number of phosphoric ester groups is 2. The number of aliphatic hydroxyl groups is 1. The van der Waals surface area contributed by atoms with Crippen molar-refractivity contribution in [2.75, 3.05) is 39.6 Å². The second-order valence-corrected chi connectivity index (χ2v) is 34.0. The van der Waals surface area contributed by atoms with Gasteiger partial charge in [0.05, 0.1) is 26.4 Å². The minimum absolute atomic E-state index is 0.105. The summed E-state index contributed by atoms with van der Waals surface area (Å²) in [6.45, 7) is 14.2. The van der Waals surface area contributed by atoms with Crippen LogP contribution in [0.15, 0.2) is 0 Å². The number of phosphoric acid groups is 2. The average Bonchev–Trinajstić information content (AvgIpc) is 0.956. The minimum atomic E-state index is -4.96. The molecule has 17 nitrogen and oxygen atoms in total. The number of carbonyl (C=O) groups is 4. The van der Waals surface area contributed by atoms with Crippen LogP contribution in [0, 0.1) is 23.7 Å². The van der Waals surface area contributed by atoms with Crippen molar-refractivity contribution in [2.24, 2.45) is 23.7 Å². The maximum atomic E-state index is 13.1. The zero-order valence-corrected chi connectivity index (χ0v) is 67.6. The van der Waals surface area contributed by atoms with Crippen molar-refractivity contribution in [3.05, 3.63) is 0 Å². The Balaban J connectivity index is 5.13. The van der Waals surface area contributed by atoms with Crippen molar-refractivity contribution in [3.8, 4) is 0 Å². The zero-order valence-electron chi connectivity index (χ0n) is 65.8. The van der Waals surface area contributed by atoms with Gasteiger partial charge >= 0.3 is 39.5 Å². The topological polar surface area (TPSA) is 237 Å². The number of unbranched alkanes of at least 4 members (excludes halogenated alkanes) is 44. The van der Waals surface area contributed by atoms with Gasteiger partial charge in [0.25, 0.3) is 0 Å². The molecule has 0 fully saturated rings. The van der Waals surface area contributed by atoms with E-state index < -0.39 is 97.5 Å². The van der Waals surface area contributed by atoms with Gasteiger partial charge in [0.1, 0.15) is 19.3 Å². The van der Waals surface area contributed by atoms with Crippen LogP contribution in [0.2, 0.25) is 0 Å². The Morgan fingerprint density at radius 3 is 0.620 bits per heavy atom. The highest BCUT2D eigenvalue weighted by molar-refractivity contribution is 7.47. The van der Waals surface area contributed by atoms with E-state index >= 15 is 0 Å². The van der Waals surface area contributed by atoms with E-state index in [2.05, 4.69) is 55.4 Å². The van der Waals surface area contributed by atoms with E-state index in [0.717, 1.165) is 114 Å². The molecule has 0 aromatic carbocycles. The molecule has 0 heterocycles. The smallest absolute Gasteiger partial charge is 0.462 e. The molecule has 0 saturated heterocycles. The predicted molar refractivity (Wildman–Crippen MR) is 409 cm³/mol. The second kappa shape index (κ2) is 70.1. The Bertz CT molecular complexity index is 1950. The number of aliphatic hydroxyl groups excluding tert-OH is 1. The Kier molecular flexibility index (Phi) is 68.7. The van der Waals surface area contributed by atoms with E-state index in [4.69, 9.17) is 37.0 Å². The van der Waals surface area contributed by atoms with Crippen LogP contribution < -0.4 is 0 Å². The molecule has 0 aliphatic carbocycles. The molecule has 0 aromatic rings. The molecule has 0 spiro atoms. The molecule has 0 saturated carbocycles. The largest absolute Gasteiger partial charge is 0.472 e. The molecule has 0 aromatic heterocycles. The number of hydrogen-bond acceptors (Lipinski definition) is 15. The van der Waals surface area contributed by atoms with Crippen LogP contribution >= 0.6 is 15.6 Å². The van der Waals surface area contributed by atoms with Crippen LogP contribution in [0.4, 0.5) is 0 Å². The molecule has 5 atom stereocenters. The van der Waals surface area contributed by atoms with Gasteiger partial charge < -0.3 is 33.8 Å². The minimum Gasteiger partial charge on any atom is -0.462 e. The number of hydrogen-bond donors (Lipinski definition) is 3. The summed E-state index contributed by atoms with van der Waals surface area (Å²) in [6, 6.07) is 0. The monoisotopic (exact) mass is 1470 g/mol. The van der Waals surface area contributed by atoms with Crippen molar-refractivity contribution in [2.45, 2.75) is 433 Å². The molecule has 0 radical (unpaired) electrons. The standard InChI is InChI=1S/C81H158O17P2/c1-71(2)57-49-41-33-27-23-19-15-11-9-10-12-18-22-26-30-37-47-55-63-80(85)97-77(68-92-79(84)62-54-46-40-39-44-52-60-74(7)8)70-96-100(89,90)94-66-75(82)65-93-99(87,88)95-69-76(98-81(86)64-56-48-38-32-31-35-43-51-59-73(5)6)67-91-78(83)61-53-45-36-29-25-21-17-14-13-16-20-24-28-34-42-50-58-72(3)4/h71-77,82H,9-70H2,1-8H3,(H,87,88)(H,89,90)/t75?,76-,77-/m1/s1. The highest BCUT2D eigenvalue weighted by Crippen LogP contribution is 2.45. The van der Waals surface area contributed by atoms with Gasteiger partial charge in [-0.1, -0.05) is 364 Å². The van der Waals surface area contributed by atoms with Crippen molar-refractivity contribution < 1.29 is 80.2 Å². The number of carbonyl (C=O) groups excluding carboxylic acids is 4. The van der Waals surface area contributed by atoms with Gasteiger partial charge in [-0.25, -0.2) is 9.13 Å². The third-order valence-electron chi connectivity index (χ3n) is 18.8. The van der Waals surface area contributed by atoms with Crippen LogP contribution in [-0.4, -0.2) is 96.7 Å². The summed E-state index contributed by atoms with van der Waals surface area (Å²) in [7, 11) is -9.92. The first-order valence-electron chi connectivity index (χ1n) is 41.7. The molecule has 19 heteroatoms. The SMILES string of the molecule is CC(C)CCCCCCCCCCCCCCCCCCCCC(=O)O[C@H](COC(=O)CCCCCCCCC(C)C)COP(=O)(O)OCC(O)COP(=O)(O)OC[C@@H](COC(=O)CCCCCCCCCCCCCCCCCCC(C)C)OC(=O)CCCCCCCCCCC(C)C. The lowest BCUT2D eigenvalue weighted by Gasteiger charge is -2.21. The summed E-state index contributed by atoms with van der Waals surface area (Å²) in [5, 5.41) is 10.6. The predicted octanol–water partition coefficient (Wildman–Crippen LogP) is 24.0. The van der Waals surface area contributed by atoms with Gasteiger partial charge in [0, 0.05) is 25.7 Å². The fourth-order valence-electron chi connectivity index (χ4n) is 12.4. The molecule has 0 aliphatic rings. The van der Waals surface area contributed by atoms with E-state index in [-0.39, 0.29) is 25.7 Å². The molecule has 3 N–H and O–H groups in total. The van der Waals surface area contributed by atoms with Gasteiger partial charge in [0.2, 0.25) is 0 Å². The third-order valence-corrected chi connectivity index (χ3v) is 20.7. The lowest BCUT2D eigenvalue weighted by atomic mass is 10.0. The van der Waals surface area contributed by atoms with Crippen LogP contribution in [0.5, 0.6) is 0 Å². The van der Waals surface area contributed by atoms with Crippen LogP contribution in [0.3, 0.4) is 0 Å². The Morgan fingerprint density at radius 1 is 0.250 bits per heavy atom. The van der Waals surface area contributed by atoms with E-state index in [1.165, 1.54) is 212 Å². The Morgan fingerprint density at radius 2 is 0.420 bits per heavy atom. The van der Waals surface area contributed by atoms with Gasteiger partial charge in [-0.05, 0) is 49.4 Å². The molecule has 0 bridgehead atoms. The second-order valence-electron chi connectivity index (χ2n) is 31.1. The Labute approximate surface area is 613 Å².